The summed E-state index contributed by atoms with van der Waals surface area (Å²) in [6.45, 7) is 7.41. The van der Waals surface area contributed by atoms with Gasteiger partial charge in [0.2, 0.25) is 5.91 Å². The number of carbonyl (C=O) groups excluding carboxylic acids is 1. The number of carbonyl (C=O) groups is 1. The molecule has 0 aliphatic heterocycles. The van der Waals surface area contributed by atoms with E-state index >= 15 is 0 Å². The van der Waals surface area contributed by atoms with E-state index < -0.39 is 9.93 Å². The summed E-state index contributed by atoms with van der Waals surface area (Å²) < 4.78 is -0.573. The third-order valence-corrected chi connectivity index (χ3v) is 2.29. The van der Waals surface area contributed by atoms with Crippen molar-refractivity contribution in [1.29, 1.82) is 0 Å². The summed E-state index contributed by atoms with van der Waals surface area (Å²) in [6.07, 6.45) is 0.621. The van der Waals surface area contributed by atoms with E-state index in [4.69, 9.17) is 0 Å². The number of aliphatic hydroxyl groups is 1. The molecule has 0 aromatic heterocycles. The first-order valence-electron chi connectivity index (χ1n) is 4.38. The van der Waals surface area contributed by atoms with Crippen LogP contribution in [0.4, 0.5) is 0 Å². The molecule has 0 aliphatic rings. The molecule has 1 unspecified atom stereocenters. The number of hydrogen-bond acceptors (Lipinski definition) is 2. The summed E-state index contributed by atoms with van der Waals surface area (Å²) in [4.78, 5) is 11.4. The van der Waals surface area contributed by atoms with E-state index in [0.717, 1.165) is 0 Å². The highest BCUT2D eigenvalue weighted by molar-refractivity contribution is 9.10. The van der Waals surface area contributed by atoms with Gasteiger partial charge in [-0.15, -0.1) is 0 Å². The van der Waals surface area contributed by atoms with Gasteiger partial charge in [0.1, 0.15) is 0 Å². The van der Waals surface area contributed by atoms with Crippen LogP contribution in [-0.4, -0.2) is 27.5 Å². The van der Waals surface area contributed by atoms with Gasteiger partial charge < -0.3 is 10.4 Å². The van der Waals surface area contributed by atoms with Crippen molar-refractivity contribution in [3.05, 3.63) is 0 Å². The predicted octanol–water partition coefficient (Wildman–Crippen LogP) is 1.44. The molecule has 1 atom stereocenters. The van der Waals surface area contributed by atoms with Crippen LogP contribution in [0.5, 0.6) is 0 Å². The Morgan fingerprint density at radius 2 is 1.92 bits per heavy atom. The number of hydrogen-bond donors (Lipinski definition) is 2. The smallest absolute Gasteiger partial charge is 0.236 e. The minimum atomic E-state index is -0.812. The molecular weight excluding hydrogens is 234 g/mol. The third kappa shape index (κ3) is 5.26. The maximum absolute atomic E-state index is 11.4. The second-order valence-electron chi connectivity index (χ2n) is 4.01. The largest absolute Gasteiger partial charge is 0.388 e. The van der Waals surface area contributed by atoms with Crippen molar-refractivity contribution >= 4 is 21.8 Å². The molecule has 0 spiro atoms. The normalized spacial score (nSPS) is 16.5. The van der Waals surface area contributed by atoms with Crippen LogP contribution in [0, 0.1) is 0 Å². The summed E-state index contributed by atoms with van der Waals surface area (Å²) in [5.74, 6) is -0.110. The summed E-state index contributed by atoms with van der Waals surface area (Å²) in [7, 11) is 0. The lowest BCUT2D eigenvalue weighted by molar-refractivity contribution is -0.123. The van der Waals surface area contributed by atoms with E-state index in [1.54, 1.807) is 20.8 Å². The Morgan fingerprint density at radius 3 is 2.23 bits per heavy atom. The van der Waals surface area contributed by atoms with Crippen molar-refractivity contribution in [2.75, 3.05) is 6.54 Å². The lowest BCUT2D eigenvalue weighted by atomic mass is 10.0. The summed E-state index contributed by atoms with van der Waals surface area (Å²) in [6, 6.07) is 0. The number of amides is 1. The van der Waals surface area contributed by atoms with Crippen LogP contribution in [0.15, 0.2) is 0 Å². The molecule has 0 heterocycles. The molecule has 0 radical (unpaired) electrons. The zero-order chi connectivity index (χ0) is 10.7. The number of rotatable bonds is 4. The Balaban J connectivity index is 3.98. The van der Waals surface area contributed by atoms with Crippen molar-refractivity contribution in [1.82, 2.24) is 5.32 Å². The molecule has 0 bridgehead atoms. The van der Waals surface area contributed by atoms with Gasteiger partial charge in [-0.05, 0) is 27.2 Å². The van der Waals surface area contributed by atoms with Gasteiger partial charge in [-0.25, -0.2) is 0 Å². The van der Waals surface area contributed by atoms with E-state index in [0.29, 0.717) is 6.42 Å². The summed E-state index contributed by atoms with van der Waals surface area (Å²) >= 11 is 3.24. The monoisotopic (exact) mass is 251 g/mol. The molecule has 0 fully saturated rings. The zero-order valence-corrected chi connectivity index (χ0v) is 10.2. The molecule has 4 heteroatoms. The molecule has 1 amide bonds. The van der Waals surface area contributed by atoms with Gasteiger partial charge in [-0.1, -0.05) is 22.9 Å². The molecule has 78 valence electrons. The van der Waals surface area contributed by atoms with Crippen molar-refractivity contribution in [3.63, 3.8) is 0 Å². The lowest BCUT2D eigenvalue weighted by Crippen LogP contribution is -2.45. The fourth-order valence-electron chi connectivity index (χ4n) is 0.606. The highest BCUT2D eigenvalue weighted by Gasteiger charge is 2.26. The maximum atomic E-state index is 11.4. The highest BCUT2D eigenvalue weighted by Crippen LogP contribution is 2.16. The molecule has 2 N–H and O–H groups in total. The number of halogens is 1. The molecule has 0 saturated heterocycles. The van der Waals surface area contributed by atoms with E-state index in [9.17, 15) is 9.90 Å². The average molecular weight is 252 g/mol. The van der Waals surface area contributed by atoms with Crippen LogP contribution in [0.2, 0.25) is 0 Å². The van der Waals surface area contributed by atoms with Crippen LogP contribution in [0.1, 0.15) is 34.1 Å². The van der Waals surface area contributed by atoms with E-state index in [1.165, 1.54) is 0 Å². The van der Waals surface area contributed by atoms with Gasteiger partial charge in [-0.3, -0.25) is 4.79 Å². The maximum Gasteiger partial charge on any atom is 0.236 e. The summed E-state index contributed by atoms with van der Waals surface area (Å²) in [5, 5.41) is 12.3. The fourth-order valence-corrected chi connectivity index (χ4v) is 0.746. The van der Waals surface area contributed by atoms with Gasteiger partial charge in [0.05, 0.1) is 9.93 Å². The van der Waals surface area contributed by atoms with Crippen LogP contribution < -0.4 is 5.32 Å². The molecule has 13 heavy (non-hydrogen) atoms. The van der Waals surface area contributed by atoms with Gasteiger partial charge in [0.25, 0.3) is 0 Å². The van der Waals surface area contributed by atoms with Gasteiger partial charge >= 0.3 is 0 Å². The molecule has 0 aromatic rings. The Kier molecular flexibility index (Phi) is 4.39. The average Bonchev–Trinajstić information content (AvgIpc) is 1.98. The topological polar surface area (TPSA) is 49.3 Å². The number of nitrogens with one attached hydrogen (secondary N) is 1. The minimum Gasteiger partial charge on any atom is -0.388 e. The van der Waals surface area contributed by atoms with E-state index in [1.807, 2.05) is 6.92 Å². The quantitative estimate of drug-likeness (QED) is 0.744. The fraction of sp³-hybridized carbons (Fsp3) is 0.889. The zero-order valence-electron chi connectivity index (χ0n) is 8.65. The van der Waals surface area contributed by atoms with Crippen LogP contribution in [-0.2, 0) is 4.79 Å². The second kappa shape index (κ2) is 4.42. The molecular formula is C9H18BrNO2. The lowest BCUT2D eigenvalue weighted by Gasteiger charge is -2.24. The van der Waals surface area contributed by atoms with Crippen molar-refractivity contribution in [2.45, 2.75) is 44.0 Å². The molecule has 0 aliphatic carbocycles. The molecule has 0 aromatic carbocycles. The van der Waals surface area contributed by atoms with E-state index in [2.05, 4.69) is 21.2 Å². The predicted molar refractivity (Wildman–Crippen MR) is 56.9 cm³/mol. The highest BCUT2D eigenvalue weighted by atomic mass is 79.9. The number of alkyl halides is 1. The van der Waals surface area contributed by atoms with Crippen LogP contribution in [0.25, 0.3) is 0 Å². The van der Waals surface area contributed by atoms with Crippen molar-refractivity contribution in [3.8, 4) is 0 Å². The Labute approximate surface area is 88.0 Å². The second-order valence-corrected chi connectivity index (χ2v) is 5.99. The van der Waals surface area contributed by atoms with Gasteiger partial charge in [-0.2, -0.15) is 0 Å². The Morgan fingerprint density at radius 1 is 1.46 bits per heavy atom. The van der Waals surface area contributed by atoms with Crippen LogP contribution >= 0.6 is 15.9 Å². The van der Waals surface area contributed by atoms with Gasteiger partial charge in [0, 0.05) is 6.54 Å². The van der Waals surface area contributed by atoms with Gasteiger partial charge in [0.15, 0.2) is 0 Å². The van der Waals surface area contributed by atoms with E-state index in [-0.39, 0.29) is 12.5 Å². The Hall–Kier alpha value is -0.0900. The van der Waals surface area contributed by atoms with Crippen molar-refractivity contribution in [2.24, 2.45) is 0 Å². The summed E-state index contributed by atoms with van der Waals surface area (Å²) in [5.41, 5.74) is -0.812. The third-order valence-electron chi connectivity index (χ3n) is 1.93. The molecule has 3 nitrogen and oxygen atoms in total. The molecule has 0 saturated carbocycles. The Bertz CT molecular complexity index is 185. The SMILES string of the molecule is CCC(C)(O)CNC(=O)C(C)(C)Br. The first-order chi connectivity index (χ1) is 5.69. The molecule has 0 rings (SSSR count). The standard InChI is InChI=1S/C9H18BrNO2/c1-5-9(4,13)6-11-7(12)8(2,3)10/h13H,5-6H2,1-4H3,(H,11,12). The first kappa shape index (κ1) is 12.9. The first-order valence-corrected chi connectivity index (χ1v) is 5.18. The van der Waals surface area contributed by atoms with Crippen molar-refractivity contribution < 1.29 is 9.90 Å². The van der Waals surface area contributed by atoms with Crippen LogP contribution in [0.3, 0.4) is 0 Å². The minimum absolute atomic E-state index is 0.110.